The Morgan fingerprint density at radius 2 is 2.00 bits per heavy atom. The van der Waals surface area contributed by atoms with E-state index in [4.69, 9.17) is 5.11 Å². The van der Waals surface area contributed by atoms with Gasteiger partial charge in [0.2, 0.25) is 0 Å². The second-order valence-electron chi connectivity index (χ2n) is 5.43. The highest BCUT2D eigenvalue weighted by atomic mass is 79.9. The van der Waals surface area contributed by atoms with Gasteiger partial charge in [0, 0.05) is 29.8 Å². The van der Waals surface area contributed by atoms with E-state index in [-0.39, 0.29) is 18.9 Å². The van der Waals surface area contributed by atoms with E-state index in [0.717, 1.165) is 4.47 Å². The van der Waals surface area contributed by atoms with Gasteiger partial charge in [-0.3, -0.25) is 9.59 Å². The van der Waals surface area contributed by atoms with Gasteiger partial charge in [-0.15, -0.1) is 0 Å². The zero-order valence-corrected chi connectivity index (χ0v) is 13.2. The van der Waals surface area contributed by atoms with Gasteiger partial charge in [0.05, 0.1) is 6.42 Å². The maximum absolute atomic E-state index is 12.5. The predicted octanol–water partition coefficient (Wildman–Crippen LogP) is 2.50. The number of carboxylic acid groups (broad SMARTS) is 1. The van der Waals surface area contributed by atoms with Crippen LogP contribution in [0.3, 0.4) is 0 Å². The van der Waals surface area contributed by atoms with Crippen LogP contribution in [0.4, 0.5) is 0 Å². The summed E-state index contributed by atoms with van der Waals surface area (Å²) in [7, 11) is 1.79. The Morgan fingerprint density at radius 1 is 1.42 bits per heavy atom. The van der Waals surface area contributed by atoms with Gasteiger partial charge in [-0.05, 0) is 42.8 Å². The molecule has 1 aromatic heterocycles. The number of hydrogen-bond acceptors (Lipinski definition) is 2. The first-order chi connectivity index (χ1) is 8.62. The predicted molar refractivity (Wildman–Crippen MR) is 76.2 cm³/mol. The zero-order chi connectivity index (χ0) is 14.8. The summed E-state index contributed by atoms with van der Waals surface area (Å²) in [6.45, 7) is 5.88. The molecule has 0 bridgehead atoms. The number of carboxylic acids is 1. The molecule has 0 radical (unpaired) electrons. The van der Waals surface area contributed by atoms with Gasteiger partial charge in [-0.25, -0.2) is 0 Å². The summed E-state index contributed by atoms with van der Waals surface area (Å²) in [5.41, 5.74) is 0.107. The first-order valence-corrected chi connectivity index (χ1v) is 6.78. The maximum atomic E-state index is 12.5. The van der Waals surface area contributed by atoms with Crippen LogP contribution in [0, 0.1) is 0 Å². The van der Waals surface area contributed by atoms with Crippen LogP contribution >= 0.6 is 15.9 Å². The Balaban J connectivity index is 3.01. The molecule has 106 valence electrons. The number of aryl methyl sites for hydroxylation is 1. The van der Waals surface area contributed by atoms with Gasteiger partial charge in [-0.2, -0.15) is 0 Å². The molecular formula is C13H19BrN2O3. The summed E-state index contributed by atoms with van der Waals surface area (Å²) in [5, 5.41) is 8.79. The number of hydrogen-bond donors (Lipinski definition) is 1. The second-order valence-corrected chi connectivity index (χ2v) is 6.34. The molecule has 0 aliphatic carbocycles. The smallest absolute Gasteiger partial charge is 0.305 e. The molecular weight excluding hydrogens is 312 g/mol. The van der Waals surface area contributed by atoms with Crippen molar-refractivity contribution in [3.05, 3.63) is 22.4 Å². The number of aromatic nitrogens is 1. The molecule has 0 atom stereocenters. The van der Waals surface area contributed by atoms with E-state index in [9.17, 15) is 9.59 Å². The van der Waals surface area contributed by atoms with Crippen molar-refractivity contribution in [2.45, 2.75) is 32.7 Å². The fourth-order valence-corrected chi connectivity index (χ4v) is 2.35. The highest BCUT2D eigenvalue weighted by molar-refractivity contribution is 9.10. The Labute approximate surface area is 121 Å². The van der Waals surface area contributed by atoms with Crippen LogP contribution in [0.25, 0.3) is 0 Å². The average molecular weight is 331 g/mol. The lowest BCUT2D eigenvalue weighted by molar-refractivity contribution is -0.137. The van der Waals surface area contributed by atoms with Crippen molar-refractivity contribution in [2.24, 2.45) is 7.05 Å². The maximum Gasteiger partial charge on any atom is 0.305 e. The highest BCUT2D eigenvalue weighted by Gasteiger charge is 2.29. The lowest BCUT2D eigenvalue weighted by atomic mass is 10.0. The van der Waals surface area contributed by atoms with Gasteiger partial charge < -0.3 is 14.6 Å². The van der Waals surface area contributed by atoms with Crippen LogP contribution in [0.1, 0.15) is 37.7 Å². The van der Waals surface area contributed by atoms with Crippen molar-refractivity contribution >= 4 is 27.8 Å². The van der Waals surface area contributed by atoms with Crippen LogP contribution in [0.15, 0.2) is 16.7 Å². The van der Waals surface area contributed by atoms with Crippen LogP contribution in [0.2, 0.25) is 0 Å². The molecule has 0 aliphatic heterocycles. The van der Waals surface area contributed by atoms with Gasteiger partial charge in [0.1, 0.15) is 5.69 Å². The molecule has 0 fully saturated rings. The fraction of sp³-hybridized carbons (Fsp3) is 0.538. The second kappa shape index (κ2) is 5.77. The number of amides is 1. The molecule has 0 spiro atoms. The lowest BCUT2D eigenvalue weighted by Crippen LogP contribution is -2.47. The first kappa shape index (κ1) is 15.8. The molecule has 1 aromatic rings. The van der Waals surface area contributed by atoms with Crippen molar-refractivity contribution in [2.75, 3.05) is 6.54 Å². The highest BCUT2D eigenvalue weighted by Crippen LogP contribution is 2.21. The minimum absolute atomic E-state index is 0.0609. The van der Waals surface area contributed by atoms with Crippen molar-refractivity contribution in [3.8, 4) is 0 Å². The summed E-state index contributed by atoms with van der Waals surface area (Å²) >= 11 is 3.33. The van der Waals surface area contributed by atoms with E-state index in [2.05, 4.69) is 15.9 Å². The van der Waals surface area contributed by atoms with Crippen molar-refractivity contribution in [1.82, 2.24) is 9.47 Å². The lowest BCUT2D eigenvalue weighted by Gasteiger charge is -2.35. The fourth-order valence-electron chi connectivity index (χ4n) is 1.82. The Kier molecular flexibility index (Phi) is 4.79. The van der Waals surface area contributed by atoms with Crippen molar-refractivity contribution in [1.29, 1.82) is 0 Å². The molecule has 1 amide bonds. The van der Waals surface area contributed by atoms with E-state index in [1.165, 1.54) is 0 Å². The minimum Gasteiger partial charge on any atom is -0.481 e. The third-order valence-electron chi connectivity index (χ3n) is 2.79. The molecule has 6 heteroatoms. The van der Waals surface area contributed by atoms with Gasteiger partial charge in [0.15, 0.2) is 0 Å². The van der Waals surface area contributed by atoms with Crippen LogP contribution in [-0.4, -0.2) is 38.5 Å². The van der Waals surface area contributed by atoms with Gasteiger partial charge in [-0.1, -0.05) is 0 Å². The third kappa shape index (κ3) is 4.09. The standard InChI is InChI=1S/C13H19BrN2O3/c1-13(2,3)16(6-5-11(17)18)12(19)10-7-9(14)8-15(10)4/h7-8H,5-6H2,1-4H3,(H,17,18). The van der Waals surface area contributed by atoms with Gasteiger partial charge in [0.25, 0.3) is 5.91 Å². The van der Waals surface area contributed by atoms with Gasteiger partial charge >= 0.3 is 5.97 Å². The van der Waals surface area contributed by atoms with Crippen molar-refractivity contribution < 1.29 is 14.7 Å². The third-order valence-corrected chi connectivity index (χ3v) is 3.23. The summed E-state index contributed by atoms with van der Waals surface area (Å²) in [4.78, 5) is 24.8. The minimum atomic E-state index is -0.907. The summed E-state index contributed by atoms with van der Waals surface area (Å²) in [6, 6.07) is 1.74. The van der Waals surface area contributed by atoms with Crippen LogP contribution in [0.5, 0.6) is 0 Å². The zero-order valence-electron chi connectivity index (χ0n) is 11.6. The number of halogens is 1. The number of nitrogens with zero attached hydrogens (tertiary/aromatic N) is 2. The van der Waals surface area contributed by atoms with Crippen LogP contribution < -0.4 is 0 Å². The van der Waals surface area contributed by atoms with E-state index in [1.807, 2.05) is 20.8 Å². The monoisotopic (exact) mass is 330 g/mol. The van der Waals surface area contributed by atoms with Crippen molar-refractivity contribution in [3.63, 3.8) is 0 Å². The molecule has 0 saturated carbocycles. The molecule has 0 aliphatic rings. The molecule has 1 N–H and O–H groups in total. The molecule has 19 heavy (non-hydrogen) atoms. The quantitative estimate of drug-likeness (QED) is 0.922. The van der Waals surface area contributed by atoms with E-state index < -0.39 is 11.5 Å². The van der Waals surface area contributed by atoms with E-state index >= 15 is 0 Å². The normalized spacial score (nSPS) is 11.4. The van der Waals surface area contributed by atoms with E-state index in [1.54, 1.807) is 28.8 Å². The Morgan fingerprint density at radius 3 is 2.37 bits per heavy atom. The Bertz CT molecular complexity index is 489. The molecule has 0 saturated heterocycles. The molecule has 0 aromatic carbocycles. The summed E-state index contributed by atoms with van der Waals surface area (Å²) in [5.74, 6) is -1.07. The number of carbonyl (C=O) groups excluding carboxylic acids is 1. The number of carbonyl (C=O) groups is 2. The topological polar surface area (TPSA) is 62.5 Å². The molecule has 1 heterocycles. The number of rotatable bonds is 4. The molecule has 0 unspecified atom stereocenters. The van der Waals surface area contributed by atoms with E-state index in [0.29, 0.717) is 5.69 Å². The first-order valence-electron chi connectivity index (χ1n) is 5.98. The molecule has 1 rings (SSSR count). The van der Waals surface area contributed by atoms with Crippen LogP contribution in [-0.2, 0) is 11.8 Å². The largest absolute Gasteiger partial charge is 0.481 e. The summed E-state index contributed by atoms with van der Waals surface area (Å²) in [6.07, 6.45) is 1.74. The molecule has 5 nitrogen and oxygen atoms in total. The SMILES string of the molecule is Cn1cc(Br)cc1C(=O)N(CCC(=O)O)C(C)(C)C. The Hall–Kier alpha value is -1.30. The average Bonchev–Trinajstić information content (AvgIpc) is 2.55. The number of aliphatic carboxylic acids is 1. The summed E-state index contributed by atoms with van der Waals surface area (Å²) < 4.78 is 2.55.